The summed E-state index contributed by atoms with van der Waals surface area (Å²) in [6.07, 6.45) is 2.92. The normalized spacial score (nSPS) is 13.1. The van der Waals surface area contributed by atoms with E-state index >= 15 is 0 Å². The number of nitrogens with zero attached hydrogens (tertiary/aromatic N) is 1. The van der Waals surface area contributed by atoms with Crippen molar-refractivity contribution in [1.29, 1.82) is 0 Å². The van der Waals surface area contributed by atoms with E-state index in [9.17, 15) is 8.42 Å². The highest BCUT2D eigenvalue weighted by molar-refractivity contribution is 8.70. The zero-order chi connectivity index (χ0) is 11.0. The first-order chi connectivity index (χ1) is 6.45. The maximum Gasteiger partial charge on any atom is 0.320 e. The molecule has 8 heteroatoms. The molecule has 3 N–H and O–H groups in total. The minimum absolute atomic E-state index is 0.0120. The Morgan fingerprint density at radius 1 is 1.57 bits per heavy atom. The van der Waals surface area contributed by atoms with Crippen molar-refractivity contribution in [2.75, 3.05) is 24.3 Å². The van der Waals surface area contributed by atoms with Gasteiger partial charge in [0.15, 0.2) is 0 Å². The average Bonchev–Trinajstić information content (AvgIpc) is 2.08. The van der Waals surface area contributed by atoms with Crippen molar-refractivity contribution < 1.29 is 13.0 Å². The second kappa shape index (κ2) is 7.38. The minimum atomic E-state index is -4.00. The van der Waals surface area contributed by atoms with Crippen LogP contribution in [0.25, 0.3) is 0 Å². The fraction of sp³-hybridized carbons (Fsp3) is 0.833. The Morgan fingerprint density at radius 3 is 2.71 bits per heavy atom. The molecule has 0 bridgehead atoms. The van der Waals surface area contributed by atoms with E-state index in [1.54, 1.807) is 11.8 Å². The molecule has 0 aliphatic heterocycles. The molecule has 0 spiro atoms. The van der Waals surface area contributed by atoms with Gasteiger partial charge >= 0.3 is 9.15 Å². The molecule has 0 amide bonds. The molecule has 0 rings (SSSR count). The van der Waals surface area contributed by atoms with Crippen LogP contribution in [0.5, 0.6) is 0 Å². The van der Waals surface area contributed by atoms with Gasteiger partial charge in [0.05, 0.1) is 5.75 Å². The quantitative estimate of drug-likeness (QED) is 0.229. The van der Waals surface area contributed by atoms with Crippen molar-refractivity contribution in [2.45, 2.75) is 6.42 Å². The third kappa shape index (κ3) is 10.2. The van der Waals surface area contributed by atoms with Crippen molar-refractivity contribution >= 4 is 37.5 Å². The van der Waals surface area contributed by atoms with E-state index in [1.165, 1.54) is 0 Å². The van der Waals surface area contributed by atoms with Crippen LogP contribution < -0.4 is 5.73 Å². The lowest BCUT2D eigenvalue weighted by Gasteiger charge is -1.98. The van der Waals surface area contributed by atoms with Crippen LogP contribution >= 0.6 is 22.6 Å². The molecular formula is C6H14N2O3S3. The number of thioether (sulfide) groups is 1. The summed E-state index contributed by atoms with van der Waals surface area (Å²) in [6.45, 7) is 0.596. The minimum Gasteiger partial charge on any atom is -0.387 e. The number of hydrogen-bond acceptors (Lipinski definition) is 5. The van der Waals surface area contributed by atoms with E-state index < -0.39 is 9.15 Å². The Morgan fingerprint density at radius 2 is 2.21 bits per heavy atom. The van der Waals surface area contributed by atoms with Gasteiger partial charge in [0, 0.05) is 17.3 Å². The molecule has 0 aromatic heterocycles. The van der Waals surface area contributed by atoms with E-state index in [4.69, 9.17) is 10.3 Å². The summed E-state index contributed by atoms with van der Waals surface area (Å²) in [5, 5.41) is 0. The molecule has 0 fully saturated rings. The van der Waals surface area contributed by atoms with Crippen LogP contribution in [0, 0.1) is 0 Å². The lowest BCUT2D eigenvalue weighted by atomic mass is 10.5. The highest BCUT2D eigenvalue weighted by Crippen LogP contribution is 2.07. The number of hydrogen-bond donors (Lipinski definition) is 2. The Labute approximate surface area is 92.1 Å². The zero-order valence-electron chi connectivity index (χ0n) is 7.84. The molecule has 84 valence electrons. The van der Waals surface area contributed by atoms with Gasteiger partial charge in [-0.15, -0.1) is 0 Å². The molecule has 0 aliphatic rings. The van der Waals surface area contributed by atoms with Crippen LogP contribution in [0.4, 0.5) is 0 Å². The number of nitrogens with two attached hydrogens (primary N) is 1. The second-order valence-electron chi connectivity index (χ2n) is 2.41. The average molecular weight is 258 g/mol. The van der Waals surface area contributed by atoms with Gasteiger partial charge in [0.25, 0.3) is 0 Å². The van der Waals surface area contributed by atoms with Gasteiger partial charge in [-0.25, -0.2) is 0 Å². The van der Waals surface area contributed by atoms with Gasteiger partial charge in [-0.3, -0.25) is 9.55 Å². The summed E-state index contributed by atoms with van der Waals surface area (Å²) in [4.78, 5) is 3.95. The van der Waals surface area contributed by atoms with Gasteiger partial charge in [0.1, 0.15) is 5.84 Å². The monoisotopic (exact) mass is 258 g/mol. The molecule has 0 aromatic carbocycles. The fourth-order valence-corrected chi connectivity index (χ4v) is 2.20. The van der Waals surface area contributed by atoms with Crippen LogP contribution in [-0.2, 0) is 9.15 Å². The summed E-state index contributed by atoms with van der Waals surface area (Å²) in [7, 11) is -3.63. The van der Waals surface area contributed by atoms with Crippen LogP contribution in [0.1, 0.15) is 6.42 Å². The largest absolute Gasteiger partial charge is 0.387 e. The summed E-state index contributed by atoms with van der Waals surface area (Å²) >= 11 is 1.72. The molecule has 5 nitrogen and oxygen atoms in total. The first kappa shape index (κ1) is 14.1. The van der Waals surface area contributed by atoms with Crippen molar-refractivity contribution in [2.24, 2.45) is 10.7 Å². The summed E-state index contributed by atoms with van der Waals surface area (Å²) in [6, 6.07) is 0. The lowest BCUT2D eigenvalue weighted by molar-refractivity contribution is 0.503. The zero-order valence-corrected chi connectivity index (χ0v) is 10.3. The Kier molecular flexibility index (Phi) is 7.42. The molecule has 0 saturated heterocycles. The Hall–Kier alpha value is 0.0800. The third-order valence-electron chi connectivity index (χ3n) is 1.18. The topological polar surface area (TPSA) is 92.8 Å². The van der Waals surface area contributed by atoms with Crippen molar-refractivity contribution in [3.8, 4) is 0 Å². The third-order valence-corrected chi connectivity index (χ3v) is 3.83. The summed E-state index contributed by atoms with van der Waals surface area (Å²) in [5.41, 5.74) is 5.41. The van der Waals surface area contributed by atoms with Gasteiger partial charge in [0.2, 0.25) is 0 Å². The first-order valence-corrected chi connectivity index (χ1v) is 8.19. The van der Waals surface area contributed by atoms with E-state index in [-0.39, 0.29) is 11.6 Å². The Bertz CT molecular complexity index is 276. The van der Waals surface area contributed by atoms with Gasteiger partial charge in [-0.1, -0.05) is 0 Å². The molecule has 0 saturated carbocycles. The molecule has 0 atom stereocenters. The molecular weight excluding hydrogens is 244 g/mol. The van der Waals surface area contributed by atoms with Crippen LogP contribution in [0.15, 0.2) is 4.99 Å². The maximum atomic E-state index is 10.3. The van der Waals surface area contributed by atoms with Crippen LogP contribution in [0.2, 0.25) is 0 Å². The SMILES string of the molecule is CSCCCN=C(N)CSS(=O)(=O)O. The van der Waals surface area contributed by atoms with E-state index in [1.807, 2.05) is 6.26 Å². The summed E-state index contributed by atoms with van der Waals surface area (Å²) in [5.74, 6) is 1.26. The molecule has 0 aromatic rings. The fourth-order valence-electron chi connectivity index (χ4n) is 0.612. The number of rotatable bonds is 7. The number of amidine groups is 1. The predicted octanol–water partition coefficient (Wildman–Crippen LogP) is 0.633. The van der Waals surface area contributed by atoms with Gasteiger partial charge in [-0.2, -0.15) is 20.2 Å². The van der Waals surface area contributed by atoms with Crippen molar-refractivity contribution in [1.82, 2.24) is 0 Å². The van der Waals surface area contributed by atoms with E-state index in [0.717, 1.165) is 12.2 Å². The molecule has 0 heterocycles. The lowest BCUT2D eigenvalue weighted by Crippen LogP contribution is -2.16. The highest BCUT2D eigenvalue weighted by Gasteiger charge is 2.05. The van der Waals surface area contributed by atoms with E-state index in [2.05, 4.69) is 4.99 Å². The smallest absolute Gasteiger partial charge is 0.320 e. The van der Waals surface area contributed by atoms with Crippen LogP contribution in [0.3, 0.4) is 0 Å². The number of aliphatic imine (C=N–C) groups is 1. The second-order valence-corrected chi connectivity index (χ2v) is 6.75. The standard InChI is InChI=1S/C6H14N2O3S3/c1-12-4-2-3-8-6(7)5-13-14(9,10)11/h2-5H2,1H3,(H2,7,8)(H,9,10,11). The predicted molar refractivity (Wildman–Crippen MR) is 63.5 cm³/mol. The van der Waals surface area contributed by atoms with Gasteiger partial charge < -0.3 is 5.73 Å². The molecule has 0 radical (unpaired) electrons. The van der Waals surface area contributed by atoms with Crippen molar-refractivity contribution in [3.63, 3.8) is 0 Å². The van der Waals surface area contributed by atoms with Gasteiger partial charge in [-0.05, 0) is 18.4 Å². The molecule has 0 aliphatic carbocycles. The summed E-state index contributed by atoms with van der Waals surface area (Å²) < 4.78 is 29.0. The van der Waals surface area contributed by atoms with Crippen molar-refractivity contribution in [3.05, 3.63) is 0 Å². The Balaban J connectivity index is 3.68. The van der Waals surface area contributed by atoms with Crippen LogP contribution in [-0.4, -0.2) is 43.1 Å². The maximum absolute atomic E-state index is 10.3. The van der Waals surface area contributed by atoms with E-state index in [0.29, 0.717) is 17.3 Å². The first-order valence-electron chi connectivity index (χ1n) is 3.85. The molecule has 14 heavy (non-hydrogen) atoms. The highest BCUT2D eigenvalue weighted by atomic mass is 33.1. The molecule has 0 unspecified atom stereocenters.